The summed E-state index contributed by atoms with van der Waals surface area (Å²) in [5, 5.41) is 0. The average Bonchev–Trinajstić information content (AvgIpc) is 2.78. The molecule has 1 fully saturated rings. The van der Waals surface area contributed by atoms with Crippen molar-refractivity contribution in [1.82, 2.24) is 10.3 Å². The van der Waals surface area contributed by atoms with Gasteiger partial charge in [0.05, 0.1) is 5.41 Å². The first-order chi connectivity index (χ1) is 6.86. The van der Waals surface area contributed by atoms with Gasteiger partial charge in [-0.2, -0.15) is 0 Å². The van der Waals surface area contributed by atoms with Crippen molar-refractivity contribution >= 4 is 5.91 Å². The zero-order chi connectivity index (χ0) is 11.6. The van der Waals surface area contributed by atoms with Crippen LogP contribution < -0.4 is 11.3 Å². The second kappa shape index (κ2) is 4.49. The minimum Gasteiger partial charge on any atom is -0.305 e. The van der Waals surface area contributed by atoms with Crippen LogP contribution in [-0.2, 0) is 4.79 Å². The lowest BCUT2D eigenvalue weighted by atomic mass is 9.92. The molecule has 1 rings (SSSR count). The molecular weight excluding hydrogens is 190 g/mol. The van der Waals surface area contributed by atoms with E-state index in [1.165, 1.54) is 6.42 Å². The first-order valence-electron chi connectivity index (χ1n) is 5.56. The molecule has 15 heavy (non-hydrogen) atoms. The van der Waals surface area contributed by atoms with Crippen LogP contribution in [0, 0.1) is 17.3 Å². The average molecular weight is 213 g/mol. The monoisotopic (exact) mass is 213 g/mol. The summed E-state index contributed by atoms with van der Waals surface area (Å²) >= 11 is 0. The number of carbonyl (C=O) groups excluding carboxylic acids is 1. The van der Waals surface area contributed by atoms with Crippen LogP contribution in [0.3, 0.4) is 0 Å². The number of amides is 1. The molecule has 1 aliphatic rings. The van der Waals surface area contributed by atoms with Crippen LogP contribution in [0.15, 0.2) is 0 Å². The highest BCUT2D eigenvalue weighted by molar-refractivity contribution is 5.81. The predicted molar refractivity (Wildman–Crippen MR) is 60.9 cm³/mol. The Balaban J connectivity index is 2.35. The van der Waals surface area contributed by atoms with E-state index in [2.05, 4.69) is 24.3 Å². The molecule has 0 aromatic carbocycles. The van der Waals surface area contributed by atoms with Crippen LogP contribution in [0.25, 0.3) is 0 Å². The maximum atomic E-state index is 11.5. The first kappa shape index (κ1) is 12.5. The molecule has 0 aromatic heterocycles. The van der Waals surface area contributed by atoms with Crippen LogP contribution in [-0.4, -0.2) is 30.9 Å². The zero-order valence-corrected chi connectivity index (χ0v) is 10.2. The van der Waals surface area contributed by atoms with Gasteiger partial charge in [-0.1, -0.05) is 6.92 Å². The van der Waals surface area contributed by atoms with Gasteiger partial charge in [0.1, 0.15) is 0 Å². The number of hydrogen-bond acceptors (Lipinski definition) is 3. The van der Waals surface area contributed by atoms with Crippen LogP contribution in [0.4, 0.5) is 0 Å². The molecule has 3 N–H and O–H groups in total. The molecule has 1 amide bonds. The van der Waals surface area contributed by atoms with Crippen molar-refractivity contribution in [3.05, 3.63) is 0 Å². The van der Waals surface area contributed by atoms with Gasteiger partial charge in [-0.15, -0.1) is 0 Å². The SMILES string of the molecule is CC1CC1CN(C)CC(C)(C)C(=O)NN. The third kappa shape index (κ3) is 3.47. The van der Waals surface area contributed by atoms with Crippen molar-refractivity contribution in [2.75, 3.05) is 20.1 Å². The lowest BCUT2D eigenvalue weighted by Gasteiger charge is -2.28. The summed E-state index contributed by atoms with van der Waals surface area (Å²) < 4.78 is 0. The summed E-state index contributed by atoms with van der Waals surface area (Å²) in [6.45, 7) is 7.95. The van der Waals surface area contributed by atoms with Crippen LogP contribution in [0.2, 0.25) is 0 Å². The fourth-order valence-electron chi connectivity index (χ4n) is 2.06. The molecule has 4 nitrogen and oxygen atoms in total. The summed E-state index contributed by atoms with van der Waals surface area (Å²) in [4.78, 5) is 13.7. The second-order valence-corrected chi connectivity index (χ2v) is 5.53. The van der Waals surface area contributed by atoms with Gasteiger partial charge >= 0.3 is 0 Å². The molecule has 1 saturated carbocycles. The topological polar surface area (TPSA) is 58.4 Å². The Bertz CT molecular complexity index is 240. The van der Waals surface area contributed by atoms with Crippen LogP contribution in [0.1, 0.15) is 27.2 Å². The number of hydrazine groups is 1. The van der Waals surface area contributed by atoms with Gasteiger partial charge in [0.15, 0.2) is 0 Å². The van der Waals surface area contributed by atoms with E-state index in [1.807, 2.05) is 13.8 Å². The minimum atomic E-state index is -0.415. The summed E-state index contributed by atoms with van der Waals surface area (Å²) in [7, 11) is 2.07. The van der Waals surface area contributed by atoms with Crippen molar-refractivity contribution in [1.29, 1.82) is 0 Å². The Hall–Kier alpha value is -0.610. The standard InChI is InChI=1S/C11H23N3O/c1-8-5-9(8)6-14(4)7-11(2,3)10(15)13-12/h8-9H,5-7,12H2,1-4H3,(H,13,15). The van der Waals surface area contributed by atoms with Crippen molar-refractivity contribution in [3.8, 4) is 0 Å². The first-order valence-corrected chi connectivity index (χ1v) is 5.56. The quantitative estimate of drug-likeness (QED) is 0.399. The van der Waals surface area contributed by atoms with Crippen LogP contribution in [0.5, 0.6) is 0 Å². The van der Waals surface area contributed by atoms with Crippen molar-refractivity contribution in [2.24, 2.45) is 23.1 Å². The smallest absolute Gasteiger partial charge is 0.240 e. The van der Waals surface area contributed by atoms with Gasteiger partial charge in [0.2, 0.25) is 5.91 Å². The largest absolute Gasteiger partial charge is 0.305 e. The minimum absolute atomic E-state index is 0.0989. The molecule has 0 aliphatic heterocycles. The van der Waals surface area contributed by atoms with Crippen molar-refractivity contribution < 1.29 is 4.79 Å². The molecule has 2 unspecified atom stereocenters. The number of rotatable bonds is 5. The van der Waals surface area contributed by atoms with Gasteiger partial charge < -0.3 is 4.90 Å². The van der Waals surface area contributed by atoms with Gasteiger partial charge in [0, 0.05) is 13.1 Å². The molecule has 2 atom stereocenters. The van der Waals surface area contributed by atoms with E-state index in [4.69, 9.17) is 5.84 Å². The van der Waals surface area contributed by atoms with Gasteiger partial charge in [-0.25, -0.2) is 5.84 Å². The predicted octanol–water partition coefficient (Wildman–Crippen LogP) is 0.590. The normalized spacial score (nSPS) is 25.5. The Morgan fingerprint density at radius 1 is 1.60 bits per heavy atom. The summed E-state index contributed by atoms with van der Waals surface area (Å²) in [5.41, 5.74) is 1.81. The van der Waals surface area contributed by atoms with E-state index >= 15 is 0 Å². The lowest BCUT2D eigenvalue weighted by molar-refractivity contribution is -0.130. The molecule has 0 bridgehead atoms. The summed E-state index contributed by atoms with van der Waals surface area (Å²) in [5.74, 6) is 6.74. The Labute approximate surface area is 92.2 Å². The Morgan fingerprint density at radius 3 is 2.53 bits per heavy atom. The summed E-state index contributed by atoms with van der Waals surface area (Å²) in [6.07, 6.45) is 1.33. The number of hydrogen-bond donors (Lipinski definition) is 2. The highest BCUT2D eigenvalue weighted by atomic mass is 16.2. The molecular formula is C11H23N3O. The Morgan fingerprint density at radius 2 is 2.13 bits per heavy atom. The molecule has 0 saturated heterocycles. The molecule has 88 valence electrons. The van der Waals surface area contributed by atoms with Crippen molar-refractivity contribution in [3.63, 3.8) is 0 Å². The Kier molecular flexibility index (Phi) is 3.73. The number of nitrogens with zero attached hydrogens (tertiary/aromatic N) is 1. The molecule has 0 radical (unpaired) electrons. The molecule has 0 aromatic rings. The van der Waals surface area contributed by atoms with E-state index in [0.29, 0.717) is 0 Å². The van der Waals surface area contributed by atoms with E-state index in [0.717, 1.165) is 24.9 Å². The van der Waals surface area contributed by atoms with Gasteiger partial charge in [-0.3, -0.25) is 10.2 Å². The number of nitrogens with two attached hydrogens (primary N) is 1. The number of carbonyl (C=O) groups is 1. The maximum Gasteiger partial charge on any atom is 0.240 e. The third-order valence-corrected chi connectivity index (χ3v) is 3.23. The fourth-order valence-corrected chi connectivity index (χ4v) is 2.06. The lowest BCUT2D eigenvalue weighted by Crippen LogP contribution is -2.46. The van der Waals surface area contributed by atoms with Gasteiger partial charge in [-0.05, 0) is 39.2 Å². The third-order valence-electron chi connectivity index (χ3n) is 3.23. The van der Waals surface area contributed by atoms with Crippen molar-refractivity contribution in [2.45, 2.75) is 27.2 Å². The zero-order valence-electron chi connectivity index (χ0n) is 10.2. The summed E-state index contributed by atoms with van der Waals surface area (Å²) in [6, 6.07) is 0. The van der Waals surface area contributed by atoms with Crippen LogP contribution >= 0.6 is 0 Å². The molecule has 0 heterocycles. The fraction of sp³-hybridized carbons (Fsp3) is 0.909. The maximum absolute atomic E-state index is 11.5. The highest BCUT2D eigenvalue weighted by Gasteiger charge is 2.35. The van der Waals surface area contributed by atoms with E-state index in [1.54, 1.807) is 0 Å². The highest BCUT2D eigenvalue weighted by Crippen LogP contribution is 2.38. The van der Waals surface area contributed by atoms with E-state index in [9.17, 15) is 4.79 Å². The van der Waals surface area contributed by atoms with E-state index in [-0.39, 0.29) is 5.91 Å². The number of nitrogens with one attached hydrogen (secondary N) is 1. The molecule has 4 heteroatoms. The van der Waals surface area contributed by atoms with Gasteiger partial charge in [0.25, 0.3) is 0 Å². The second-order valence-electron chi connectivity index (χ2n) is 5.53. The molecule has 0 spiro atoms. The van der Waals surface area contributed by atoms with E-state index < -0.39 is 5.41 Å². The molecule has 1 aliphatic carbocycles.